The summed E-state index contributed by atoms with van der Waals surface area (Å²) >= 11 is 0. The summed E-state index contributed by atoms with van der Waals surface area (Å²) < 4.78 is 11.6. The van der Waals surface area contributed by atoms with Crippen LogP contribution in [0.3, 0.4) is 0 Å². The molecule has 0 aliphatic rings. The average molecular weight is 427 g/mol. The lowest BCUT2D eigenvalue weighted by Gasteiger charge is -2.11. The number of carbonyl (C=O) groups excluding carboxylic acids is 1. The molecule has 3 aromatic rings. The summed E-state index contributed by atoms with van der Waals surface area (Å²) in [5.41, 5.74) is 0.280. The Bertz CT molecular complexity index is 1160. The number of hydrogen-bond acceptors (Lipinski definition) is 8. The molecule has 0 fully saturated rings. The molecule has 12 heteroatoms. The number of ether oxygens (including phenoxy) is 2. The van der Waals surface area contributed by atoms with Gasteiger partial charge < -0.3 is 14.8 Å². The summed E-state index contributed by atoms with van der Waals surface area (Å²) in [4.78, 5) is 33.3. The van der Waals surface area contributed by atoms with Crippen LogP contribution in [-0.4, -0.2) is 32.6 Å². The van der Waals surface area contributed by atoms with E-state index in [-0.39, 0.29) is 35.2 Å². The second-order valence-corrected chi connectivity index (χ2v) is 6.37. The molecule has 2 aromatic carbocycles. The highest BCUT2D eigenvalue weighted by Crippen LogP contribution is 2.31. The van der Waals surface area contributed by atoms with E-state index < -0.39 is 15.8 Å². The summed E-state index contributed by atoms with van der Waals surface area (Å²) in [6, 6.07) is 11.0. The van der Waals surface area contributed by atoms with E-state index in [9.17, 15) is 25.0 Å². The normalized spacial score (nSPS) is 10.4. The first-order chi connectivity index (χ1) is 14.8. The largest absolute Gasteiger partial charge is 0.475 e. The van der Waals surface area contributed by atoms with Crippen LogP contribution in [0.4, 0.5) is 17.1 Å². The van der Waals surface area contributed by atoms with Crippen LogP contribution in [0.15, 0.2) is 48.7 Å². The molecule has 1 heterocycles. The number of aromatic nitrogens is 2. The molecule has 3 rings (SSSR count). The van der Waals surface area contributed by atoms with Gasteiger partial charge in [-0.3, -0.25) is 29.7 Å². The molecule has 0 saturated carbocycles. The Morgan fingerprint density at radius 1 is 1.16 bits per heavy atom. The standard InChI is InChI=1S/C19H17N5O7/c1-12-5-3-4-6-17(12)31-15-8-13(7-14(9-15)23(26)27)20-18(25)11-22-10-16(24(28)29)19(21-22)30-2/h3-10H,11H2,1-2H3,(H,20,25). The minimum Gasteiger partial charge on any atom is -0.475 e. The van der Waals surface area contributed by atoms with E-state index in [4.69, 9.17) is 9.47 Å². The van der Waals surface area contributed by atoms with Crippen LogP contribution in [0, 0.1) is 27.2 Å². The monoisotopic (exact) mass is 427 g/mol. The summed E-state index contributed by atoms with van der Waals surface area (Å²) in [6.45, 7) is 1.45. The van der Waals surface area contributed by atoms with Crippen molar-refractivity contribution >= 4 is 23.0 Å². The predicted octanol–water partition coefficient (Wildman–Crippen LogP) is 3.45. The van der Waals surface area contributed by atoms with Crippen LogP contribution in [0.25, 0.3) is 0 Å². The van der Waals surface area contributed by atoms with E-state index in [1.807, 2.05) is 19.1 Å². The van der Waals surface area contributed by atoms with Crippen molar-refractivity contribution in [3.63, 3.8) is 0 Å². The van der Waals surface area contributed by atoms with Crippen LogP contribution < -0.4 is 14.8 Å². The van der Waals surface area contributed by atoms with Crippen molar-refractivity contribution in [2.45, 2.75) is 13.5 Å². The summed E-state index contributed by atoms with van der Waals surface area (Å²) in [6.07, 6.45) is 1.05. The topological polar surface area (TPSA) is 152 Å². The summed E-state index contributed by atoms with van der Waals surface area (Å²) in [5, 5.41) is 28.6. The third-order valence-corrected chi connectivity index (χ3v) is 4.11. The molecule has 0 aliphatic carbocycles. The number of nitro benzene ring substituents is 1. The Morgan fingerprint density at radius 2 is 1.90 bits per heavy atom. The van der Waals surface area contributed by atoms with Gasteiger partial charge in [0.1, 0.15) is 24.2 Å². The van der Waals surface area contributed by atoms with E-state index in [1.165, 1.54) is 25.3 Å². The molecule has 0 unspecified atom stereocenters. The number of aryl methyl sites for hydroxylation is 1. The quantitative estimate of drug-likeness (QED) is 0.424. The SMILES string of the molecule is COc1nn(CC(=O)Nc2cc(Oc3ccccc3C)cc([N+](=O)[O-])c2)cc1[N+](=O)[O-]. The zero-order valence-electron chi connectivity index (χ0n) is 16.5. The molecule has 12 nitrogen and oxygen atoms in total. The molecule has 0 radical (unpaired) electrons. The first kappa shape index (κ1) is 21.2. The van der Waals surface area contributed by atoms with Crippen molar-refractivity contribution < 1.29 is 24.1 Å². The number of hydrogen-bond donors (Lipinski definition) is 1. The Morgan fingerprint density at radius 3 is 2.52 bits per heavy atom. The Kier molecular flexibility index (Phi) is 6.10. The fourth-order valence-electron chi connectivity index (χ4n) is 2.71. The minimum atomic E-state index is -0.685. The van der Waals surface area contributed by atoms with Gasteiger partial charge in [-0.1, -0.05) is 18.2 Å². The van der Waals surface area contributed by atoms with Gasteiger partial charge in [0.2, 0.25) is 5.91 Å². The van der Waals surface area contributed by atoms with E-state index in [1.54, 1.807) is 12.1 Å². The number of benzene rings is 2. The van der Waals surface area contributed by atoms with Crippen molar-refractivity contribution in [3.8, 4) is 17.4 Å². The first-order valence-corrected chi connectivity index (χ1v) is 8.85. The van der Waals surface area contributed by atoms with Crippen molar-refractivity contribution in [2.24, 2.45) is 0 Å². The maximum Gasteiger partial charge on any atom is 0.350 e. The number of non-ortho nitro benzene ring substituents is 1. The van der Waals surface area contributed by atoms with E-state index in [0.29, 0.717) is 5.75 Å². The predicted molar refractivity (Wildman–Crippen MR) is 108 cm³/mol. The van der Waals surface area contributed by atoms with Crippen LogP contribution in [0.1, 0.15) is 5.56 Å². The Hall–Kier alpha value is -4.48. The Balaban J connectivity index is 1.81. The zero-order chi connectivity index (χ0) is 22.5. The molecule has 0 saturated heterocycles. The number of methoxy groups -OCH3 is 1. The molecule has 31 heavy (non-hydrogen) atoms. The van der Waals surface area contributed by atoms with Gasteiger partial charge in [-0.2, -0.15) is 0 Å². The maximum atomic E-state index is 12.4. The van der Waals surface area contributed by atoms with Crippen molar-refractivity contribution in [1.82, 2.24) is 9.78 Å². The molecular weight excluding hydrogens is 410 g/mol. The maximum absolute atomic E-state index is 12.4. The van der Waals surface area contributed by atoms with Gasteiger partial charge in [0, 0.05) is 12.1 Å². The smallest absolute Gasteiger partial charge is 0.350 e. The average Bonchev–Trinajstić information content (AvgIpc) is 3.12. The highest BCUT2D eigenvalue weighted by atomic mass is 16.6. The van der Waals surface area contributed by atoms with Crippen molar-refractivity contribution in [1.29, 1.82) is 0 Å². The second-order valence-electron chi connectivity index (χ2n) is 6.37. The molecule has 0 atom stereocenters. The Labute approximate surface area is 175 Å². The number of anilines is 1. The van der Waals surface area contributed by atoms with Crippen LogP contribution >= 0.6 is 0 Å². The van der Waals surface area contributed by atoms with Crippen LogP contribution in [-0.2, 0) is 11.3 Å². The fourth-order valence-corrected chi connectivity index (χ4v) is 2.71. The molecule has 0 bridgehead atoms. The van der Waals surface area contributed by atoms with Gasteiger partial charge in [0.15, 0.2) is 0 Å². The molecule has 160 valence electrons. The zero-order valence-corrected chi connectivity index (χ0v) is 16.5. The van der Waals surface area contributed by atoms with E-state index >= 15 is 0 Å². The molecule has 1 N–H and O–H groups in total. The van der Waals surface area contributed by atoms with E-state index in [0.717, 1.165) is 16.4 Å². The van der Waals surface area contributed by atoms with Crippen LogP contribution in [0.5, 0.6) is 17.4 Å². The van der Waals surface area contributed by atoms with Gasteiger partial charge >= 0.3 is 11.6 Å². The van der Waals surface area contributed by atoms with Crippen LogP contribution in [0.2, 0.25) is 0 Å². The summed E-state index contributed by atoms with van der Waals surface area (Å²) in [5.74, 6) is -0.170. The first-order valence-electron chi connectivity index (χ1n) is 8.85. The van der Waals surface area contributed by atoms with Gasteiger partial charge in [-0.05, 0) is 18.6 Å². The van der Waals surface area contributed by atoms with Gasteiger partial charge in [0.25, 0.3) is 5.69 Å². The highest BCUT2D eigenvalue weighted by Gasteiger charge is 2.21. The number of para-hydroxylation sites is 1. The molecule has 0 spiro atoms. The van der Waals surface area contributed by atoms with Crippen molar-refractivity contribution in [3.05, 3.63) is 74.5 Å². The van der Waals surface area contributed by atoms with E-state index in [2.05, 4.69) is 10.4 Å². The highest BCUT2D eigenvalue weighted by molar-refractivity contribution is 5.91. The summed E-state index contributed by atoms with van der Waals surface area (Å²) in [7, 11) is 1.22. The lowest BCUT2D eigenvalue weighted by atomic mass is 10.2. The number of nitrogens with zero attached hydrogens (tertiary/aromatic N) is 4. The van der Waals surface area contributed by atoms with Crippen molar-refractivity contribution in [2.75, 3.05) is 12.4 Å². The number of nitrogens with one attached hydrogen (secondary N) is 1. The third kappa shape index (κ3) is 5.12. The molecule has 1 aromatic heterocycles. The number of carbonyl (C=O) groups is 1. The minimum absolute atomic E-state index is 0.122. The second kappa shape index (κ2) is 8.90. The third-order valence-electron chi connectivity index (χ3n) is 4.11. The number of rotatable bonds is 8. The fraction of sp³-hybridized carbons (Fsp3) is 0.158. The van der Waals surface area contributed by atoms with Gasteiger partial charge in [0.05, 0.1) is 28.7 Å². The van der Waals surface area contributed by atoms with Gasteiger partial charge in [-0.25, -0.2) is 0 Å². The molecule has 0 aliphatic heterocycles. The molecular formula is C19H17N5O7. The molecule has 1 amide bonds. The lowest BCUT2D eigenvalue weighted by Crippen LogP contribution is -2.19. The number of nitro groups is 2. The number of amides is 1. The van der Waals surface area contributed by atoms with Gasteiger partial charge in [-0.15, -0.1) is 5.10 Å². The lowest BCUT2D eigenvalue weighted by molar-refractivity contribution is -0.385.